The number of nitrogens with one attached hydrogen (secondary N) is 1. The minimum Gasteiger partial charge on any atom is -0.431 e. The first-order chi connectivity index (χ1) is 7.84. The third kappa shape index (κ3) is 2.96. The van der Waals surface area contributed by atoms with Crippen molar-refractivity contribution in [1.29, 1.82) is 0 Å². The van der Waals surface area contributed by atoms with Gasteiger partial charge in [-0.05, 0) is 11.6 Å². The van der Waals surface area contributed by atoms with Gasteiger partial charge in [-0.3, -0.25) is 10.3 Å². The summed E-state index contributed by atoms with van der Waals surface area (Å²) in [4.78, 5) is 16.1. The van der Waals surface area contributed by atoms with Crippen molar-refractivity contribution in [3.05, 3.63) is 64.7 Å². The van der Waals surface area contributed by atoms with Crippen LogP contribution in [0.15, 0.2) is 57.9 Å². The first kappa shape index (κ1) is 10.4. The van der Waals surface area contributed by atoms with E-state index in [9.17, 15) is 4.79 Å². The van der Waals surface area contributed by atoms with Crippen LogP contribution in [0.4, 0.5) is 5.69 Å². The summed E-state index contributed by atoms with van der Waals surface area (Å²) in [6, 6.07) is 12.7. The lowest BCUT2D eigenvalue weighted by Crippen LogP contribution is -2.04. The molecule has 4 nitrogen and oxygen atoms in total. The van der Waals surface area contributed by atoms with E-state index in [1.54, 1.807) is 6.07 Å². The van der Waals surface area contributed by atoms with Crippen LogP contribution in [0.1, 0.15) is 5.56 Å². The van der Waals surface area contributed by atoms with Gasteiger partial charge in [-0.1, -0.05) is 30.3 Å². The molecule has 0 aliphatic heterocycles. The van der Waals surface area contributed by atoms with Crippen LogP contribution in [0.25, 0.3) is 0 Å². The summed E-state index contributed by atoms with van der Waals surface area (Å²) in [5, 5.41) is 0. The van der Waals surface area contributed by atoms with Crippen LogP contribution in [0.2, 0.25) is 0 Å². The van der Waals surface area contributed by atoms with Crippen molar-refractivity contribution in [3.8, 4) is 0 Å². The molecule has 0 bridgehead atoms. The maximum absolute atomic E-state index is 10.9. The second-order valence-corrected chi connectivity index (χ2v) is 3.22. The van der Waals surface area contributed by atoms with Crippen molar-refractivity contribution < 1.29 is 9.25 Å². The summed E-state index contributed by atoms with van der Waals surface area (Å²) < 4.78 is 4.58. The highest BCUT2D eigenvalue weighted by atomic mass is 16.6. The fraction of sp³-hybridized carbons (Fsp3) is 0.0833. The lowest BCUT2D eigenvalue weighted by Gasteiger charge is -2.05. The van der Waals surface area contributed by atoms with E-state index < -0.39 is 5.63 Å². The Bertz CT molecular complexity index is 493. The van der Waals surface area contributed by atoms with Crippen LogP contribution in [0.3, 0.4) is 0 Å². The van der Waals surface area contributed by atoms with Gasteiger partial charge in [0, 0.05) is 6.07 Å². The Kier molecular flexibility index (Phi) is 3.35. The fourth-order valence-corrected chi connectivity index (χ4v) is 1.22. The SMILES string of the molecule is O=c1cc(NOCc2ccccc2)cco1. The Morgan fingerprint density at radius 3 is 2.75 bits per heavy atom. The zero-order chi connectivity index (χ0) is 11.2. The van der Waals surface area contributed by atoms with Crippen LogP contribution in [-0.4, -0.2) is 0 Å². The number of hydrogen-bond donors (Lipinski definition) is 1. The molecule has 82 valence electrons. The first-order valence-electron chi connectivity index (χ1n) is 4.85. The van der Waals surface area contributed by atoms with Gasteiger partial charge in [0.2, 0.25) is 0 Å². The van der Waals surface area contributed by atoms with E-state index in [1.807, 2.05) is 30.3 Å². The van der Waals surface area contributed by atoms with E-state index in [-0.39, 0.29) is 0 Å². The predicted octanol–water partition coefficient (Wildman–Crippen LogP) is 2.18. The lowest BCUT2D eigenvalue weighted by molar-refractivity contribution is 0.180. The van der Waals surface area contributed by atoms with Crippen molar-refractivity contribution >= 4 is 5.69 Å². The van der Waals surface area contributed by atoms with E-state index >= 15 is 0 Å². The number of hydrogen-bond acceptors (Lipinski definition) is 4. The van der Waals surface area contributed by atoms with Crippen LogP contribution in [-0.2, 0) is 11.4 Å². The van der Waals surface area contributed by atoms with E-state index in [0.29, 0.717) is 12.3 Å². The summed E-state index contributed by atoms with van der Waals surface area (Å²) in [6.07, 6.45) is 1.32. The molecule has 0 saturated heterocycles. The van der Waals surface area contributed by atoms with Gasteiger partial charge in [0.1, 0.15) is 0 Å². The summed E-state index contributed by atoms with van der Waals surface area (Å²) in [7, 11) is 0. The molecule has 0 atom stereocenters. The van der Waals surface area contributed by atoms with E-state index in [4.69, 9.17) is 4.84 Å². The molecule has 0 amide bonds. The molecule has 1 aromatic heterocycles. The highest BCUT2D eigenvalue weighted by molar-refractivity contribution is 5.37. The largest absolute Gasteiger partial charge is 0.431 e. The fourth-order valence-electron chi connectivity index (χ4n) is 1.22. The minimum atomic E-state index is -0.409. The molecule has 0 saturated carbocycles. The number of rotatable bonds is 4. The summed E-state index contributed by atoms with van der Waals surface area (Å²) in [6.45, 7) is 0.432. The molecule has 1 heterocycles. The van der Waals surface area contributed by atoms with E-state index in [2.05, 4.69) is 9.90 Å². The Morgan fingerprint density at radius 2 is 2.00 bits per heavy atom. The topological polar surface area (TPSA) is 51.5 Å². The van der Waals surface area contributed by atoms with Gasteiger partial charge < -0.3 is 4.42 Å². The standard InChI is InChI=1S/C12H11NO3/c14-12-8-11(6-7-15-12)13-16-9-10-4-2-1-3-5-10/h1-8,13H,9H2. The maximum Gasteiger partial charge on any atom is 0.337 e. The van der Waals surface area contributed by atoms with Gasteiger partial charge in [-0.2, -0.15) is 0 Å². The average molecular weight is 217 g/mol. The van der Waals surface area contributed by atoms with Crippen molar-refractivity contribution in [1.82, 2.24) is 0 Å². The van der Waals surface area contributed by atoms with Crippen LogP contribution >= 0.6 is 0 Å². The van der Waals surface area contributed by atoms with Crippen molar-refractivity contribution in [2.24, 2.45) is 0 Å². The van der Waals surface area contributed by atoms with Gasteiger partial charge in [0.05, 0.1) is 18.6 Å². The third-order valence-corrected chi connectivity index (χ3v) is 1.98. The predicted molar refractivity (Wildman–Crippen MR) is 59.8 cm³/mol. The van der Waals surface area contributed by atoms with E-state index in [1.165, 1.54) is 12.3 Å². The molecule has 0 aliphatic rings. The maximum atomic E-state index is 10.9. The Balaban J connectivity index is 1.87. The molecule has 0 radical (unpaired) electrons. The molecule has 0 fully saturated rings. The van der Waals surface area contributed by atoms with Gasteiger partial charge in [0.25, 0.3) is 0 Å². The molecular formula is C12H11NO3. The molecule has 0 spiro atoms. The highest BCUT2D eigenvalue weighted by Crippen LogP contribution is 2.04. The van der Waals surface area contributed by atoms with Gasteiger partial charge in [0.15, 0.2) is 0 Å². The molecule has 1 N–H and O–H groups in total. The molecule has 2 rings (SSSR count). The monoisotopic (exact) mass is 217 g/mol. The highest BCUT2D eigenvalue weighted by Gasteiger charge is 1.94. The van der Waals surface area contributed by atoms with Crippen molar-refractivity contribution in [2.45, 2.75) is 6.61 Å². The second kappa shape index (κ2) is 5.14. The summed E-state index contributed by atoms with van der Waals surface area (Å²) >= 11 is 0. The molecule has 4 heteroatoms. The molecule has 0 aliphatic carbocycles. The first-order valence-corrected chi connectivity index (χ1v) is 4.85. The van der Waals surface area contributed by atoms with Crippen LogP contribution in [0.5, 0.6) is 0 Å². The average Bonchev–Trinajstić information content (AvgIpc) is 2.30. The van der Waals surface area contributed by atoms with Crippen molar-refractivity contribution in [2.75, 3.05) is 5.48 Å². The lowest BCUT2D eigenvalue weighted by atomic mass is 10.2. The quantitative estimate of drug-likeness (QED) is 0.797. The van der Waals surface area contributed by atoms with E-state index in [0.717, 1.165) is 5.56 Å². The van der Waals surface area contributed by atoms with Crippen molar-refractivity contribution in [3.63, 3.8) is 0 Å². The summed E-state index contributed by atoms with van der Waals surface area (Å²) in [5.41, 5.74) is 3.89. The minimum absolute atomic E-state index is 0.409. The normalized spacial score (nSPS) is 10.0. The zero-order valence-corrected chi connectivity index (χ0v) is 8.55. The number of benzene rings is 1. The van der Waals surface area contributed by atoms with Crippen LogP contribution < -0.4 is 11.1 Å². The molecule has 2 aromatic rings. The summed E-state index contributed by atoms with van der Waals surface area (Å²) in [5.74, 6) is 0. The van der Waals surface area contributed by atoms with Crippen LogP contribution in [0, 0.1) is 0 Å². The molecule has 16 heavy (non-hydrogen) atoms. The van der Waals surface area contributed by atoms with Gasteiger partial charge >= 0.3 is 5.63 Å². The smallest absolute Gasteiger partial charge is 0.337 e. The number of anilines is 1. The zero-order valence-electron chi connectivity index (χ0n) is 8.55. The van der Waals surface area contributed by atoms with Gasteiger partial charge in [-0.25, -0.2) is 4.79 Å². The Morgan fingerprint density at radius 1 is 1.19 bits per heavy atom. The molecule has 0 unspecified atom stereocenters. The third-order valence-electron chi connectivity index (χ3n) is 1.98. The van der Waals surface area contributed by atoms with Gasteiger partial charge in [-0.15, -0.1) is 0 Å². The molecule has 1 aromatic carbocycles. The molecular weight excluding hydrogens is 206 g/mol. The Hall–Kier alpha value is -2.07. The Labute approximate surface area is 92.4 Å². The second-order valence-electron chi connectivity index (χ2n) is 3.22.